The summed E-state index contributed by atoms with van der Waals surface area (Å²) in [6.45, 7) is 2.04. The molecule has 100 valence electrons. The highest BCUT2D eigenvalue weighted by atomic mass is 35.5. The molecule has 0 atom stereocenters. The van der Waals surface area contributed by atoms with Gasteiger partial charge in [0.15, 0.2) is 0 Å². The van der Waals surface area contributed by atoms with E-state index in [0.717, 1.165) is 0 Å². The van der Waals surface area contributed by atoms with E-state index >= 15 is 0 Å². The van der Waals surface area contributed by atoms with Crippen LogP contribution in [0.3, 0.4) is 0 Å². The Morgan fingerprint density at radius 3 is 2.22 bits per heavy atom. The SMILES string of the molecule is Cc1cc(Cl)cc(C)c1NC(=O)NCC(F)(F)F. The molecule has 0 aliphatic carbocycles. The molecule has 0 saturated heterocycles. The lowest BCUT2D eigenvalue weighted by Crippen LogP contribution is -2.36. The summed E-state index contributed by atoms with van der Waals surface area (Å²) in [5, 5.41) is 4.61. The van der Waals surface area contributed by atoms with Crippen molar-refractivity contribution >= 4 is 23.3 Å². The summed E-state index contributed by atoms with van der Waals surface area (Å²) < 4.78 is 35.7. The predicted molar refractivity (Wildman–Crippen MR) is 64.0 cm³/mol. The van der Waals surface area contributed by atoms with Crippen LogP contribution in [0.1, 0.15) is 11.1 Å². The minimum atomic E-state index is -4.43. The van der Waals surface area contributed by atoms with Crippen LogP contribution in [-0.2, 0) is 0 Å². The first-order valence-corrected chi connectivity index (χ1v) is 5.45. The lowest BCUT2D eigenvalue weighted by Gasteiger charge is -2.13. The second-order valence-corrected chi connectivity index (χ2v) is 4.27. The van der Waals surface area contributed by atoms with Crippen molar-refractivity contribution in [2.45, 2.75) is 20.0 Å². The number of amides is 2. The third-order valence-corrected chi connectivity index (χ3v) is 2.40. The van der Waals surface area contributed by atoms with Gasteiger partial charge in [0.2, 0.25) is 0 Å². The van der Waals surface area contributed by atoms with Crippen molar-refractivity contribution in [3.63, 3.8) is 0 Å². The van der Waals surface area contributed by atoms with E-state index < -0.39 is 18.8 Å². The number of carbonyl (C=O) groups excluding carboxylic acids is 1. The van der Waals surface area contributed by atoms with E-state index in [-0.39, 0.29) is 0 Å². The molecule has 0 fully saturated rings. The number of halogens is 4. The summed E-state index contributed by atoms with van der Waals surface area (Å²) in [7, 11) is 0. The second-order valence-electron chi connectivity index (χ2n) is 3.84. The molecule has 0 aromatic heterocycles. The minimum Gasteiger partial charge on any atom is -0.329 e. The van der Waals surface area contributed by atoms with Gasteiger partial charge in [0, 0.05) is 10.7 Å². The number of carbonyl (C=O) groups is 1. The van der Waals surface area contributed by atoms with E-state index in [2.05, 4.69) is 5.32 Å². The fourth-order valence-corrected chi connectivity index (χ4v) is 1.77. The van der Waals surface area contributed by atoms with Gasteiger partial charge in [-0.3, -0.25) is 0 Å². The van der Waals surface area contributed by atoms with Crippen molar-refractivity contribution in [1.29, 1.82) is 0 Å². The fraction of sp³-hybridized carbons (Fsp3) is 0.364. The molecular formula is C11H12ClF3N2O. The van der Waals surface area contributed by atoms with Crippen molar-refractivity contribution < 1.29 is 18.0 Å². The van der Waals surface area contributed by atoms with Crippen molar-refractivity contribution in [1.82, 2.24) is 5.32 Å². The summed E-state index contributed by atoms with van der Waals surface area (Å²) in [5.74, 6) is 0. The van der Waals surface area contributed by atoms with Crippen LogP contribution in [0, 0.1) is 13.8 Å². The van der Waals surface area contributed by atoms with E-state index in [0.29, 0.717) is 21.8 Å². The predicted octanol–water partition coefficient (Wildman–Crippen LogP) is 3.64. The normalized spacial score (nSPS) is 11.2. The van der Waals surface area contributed by atoms with Gasteiger partial charge < -0.3 is 10.6 Å². The van der Waals surface area contributed by atoms with E-state index in [4.69, 9.17) is 11.6 Å². The smallest absolute Gasteiger partial charge is 0.329 e. The molecule has 2 N–H and O–H groups in total. The Morgan fingerprint density at radius 1 is 1.28 bits per heavy atom. The van der Waals surface area contributed by atoms with Crippen LogP contribution >= 0.6 is 11.6 Å². The van der Waals surface area contributed by atoms with Crippen LogP contribution in [0.5, 0.6) is 0 Å². The maximum absolute atomic E-state index is 11.9. The first kappa shape index (κ1) is 14.6. The topological polar surface area (TPSA) is 41.1 Å². The van der Waals surface area contributed by atoms with Gasteiger partial charge in [0.05, 0.1) is 0 Å². The quantitative estimate of drug-likeness (QED) is 0.853. The van der Waals surface area contributed by atoms with E-state index in [9.17, 15) is 18.0 Å². The average molecular weight is 281 g/mol. The molecule has 1 aromatic rings. The van der Waals surface area contributed by atoms with Gasteiger partial charge in [-0.1, -0.05) is 11.6 Å². The zero-order valence-corrected chi connectivity index (χ0v) is 10.5. The van der Waals surface area contributed by atoms with E-state index in [1.165, 1.54) is 0 Å². The monoisotopic (exact) mass is 280 g/mol. The van der Waals surface area contributed by atoms with Crippen LogP contribution in [0.15, 0.2) is 12.1 Å². The van der Waals surface area contributed by atoms with E-state index in [1.807, 2.05) is 0 Å². The first-order valence-electron chi connectivity index (χ1n) is 5.07. The van der Waals surface area contributed by atoms with Gasteiger partial charge in [-0.25, -0.2) is 4.79 Å². The number of alkyl halides is 3. The molecule has 0 unspecified atom stereocenters. The molecule has 0 radical (unpaired) electrons. The number of rotatable bonds is 2. The Morgan fingerprint density at radius 2 is 1.78 bits per heavy atom. The first-order chi connectivity index (χ1) is 8.19. The molecule has 0 spiro atoms. The van der Waals surface area contributed by atoms with Gasteiger partial charge in [-0.2, -0.15) is 13.2 Å². The average Bonchev–Trinajstić information content (AvgIpc) is 2.19. The van der Waals surface area contributed by atoms with Gasteiger partial charge in [-0.15, -0.1) is 0 Å². The maximum atomic E-state index is 11.9. The summed E-state index contributed by atoms with van der Waals surface area (Å²) >= 11 is 5.80. The molecule has 2 amide bonds. The van der Waals surface area contributed by atoms with Crippen molar-refractivity contribution in [3.05, 3.63) is 28.3 Å². The zero-order chi connectivity index (χ0) is 13.9. The summed E-state index contributed by atoms with van der Waals surface area (Å²) in [5.41, 5.74) is 1.82. The Labute approximate surface area is 107 Å². The number of nitrogens with one attached hydrogen (secondary N) is 2. The van der Waals surface area contributed by atoms with Crippen molar-refractivity contribution in [2.24, 2.45) is 0 Å². The van der Waals surface area contributed by atoms with Crippen LogP contribution < -0.4 is 10.6 Å². The summed E-state index contributed by atoms with van der Waals surface area (Å²) in [4.78, 5) is 11.3. The molecule has 1 aromatic carbocycles. The number of aryl methyl sites for hydroxylation is 2. The highest BCUT2D eigenvalue weighted by molar-refractivity contribution is 6.30. The highest BCUT2D eigenvalue weighted by Crippen LogP contribution is 2.24. The molecule has 0 aliphatic rings. The third kappa shape index (κ3) is 4.44. The van der Waals surface area contributed by atoms with Gasteiger partial charge >= 0.3 is 12.2 Å². The fourth-order valence-electron chi connectivity index (χ4n) is 1.45. The van der Waals surface area contributed by atoms with Gasteiger partial charge in [0.1, 0.15) is 6.54 Å². The summed E-state index contributed by atoms with van der Waals surface area (Å²) in [6, 6.07) is 2.34. The lowest BCUT2D eigenvalue weighted by molar-refractivity contribution is -0.122. The van der Waals surface area contributed by atoms with Crippen LogP contribution in [0.2, 0.25) is 5.02 Å². The Hall–Kier alpha value is -1.43. The minimum absolute atomic E-state index is 0.457. The molecule has 0 heterocycles. The highest BCUT2D eigenvalue weighted by Gasteiger charge is 2.27. The van der Waals surface area contributed by atoms with Crippen LogP contribution in [0.25, 0.3) is 0 Å². The molecule has 0 saturated carbocycles. The number of anilines is 1. The van der Waals surface area contributed by atoms with Crippen molar-refractivity contribution in [2.75, 3.05) is 11.9 Å². The lowest BCUT2D eigenvalue weighted by atomic mass is 10.1. The Kier molecular flexibility index (Phi) is 4.45. The largest absolute Gasteiger partial charge is 0.405 e. The van der Waals surface area contributed by atoms with Crippen molar-refractivity contribution in [3.8, 4) is 0 Å². The number of benzene rings is 1. The molecule has 0 bridgehead atoms. The molecule has 3 nitrogen and oxygen atoms in total. The Bertz CT molecular complexity index is 437. The number of urea groups is 1. The standard InChI is InChI=1S/C11H12ClF3N2O/c1-6-3-8(12)4-7(2)9(6)17-10(18)16-5-11(13,14)15/h3-4H,5H2,1-2H3,(H2,16,17,18). The Balaban J connectivity index is 2.71. The summed E-state index contributed by atoms with van der Waals surface area (Å²) in [6.07, 6.45) is -4.43. The van der Waals surface area contributed by atoms with Crippen LogP contribution in [0.4, 0.5) is 23.7 Å². The van der Waals surface area contributed by atoms with E-state index in [1.54, 1.807) is 31.3 Å². The maximum Gasteiger partial charge on any atom is 0.405 e. The molecule has 0 aliphatic heterocycles. The molecule has 1 rings (SSSR count). The third-order valence-electron chi connectivity index (χ3n) is 2.19. The molecule has 7 heteroatoms. The zero-order valence-electron chi connectivity index (χ0n) is 9.78. The van der Waals surface area contributed by atoms with Crippen LogP contribution in [-0.4, -0.2) is 18.8 Å². The number of hydrogen-bond acceptors (Lipinski definition) is 1. The van der Waals surface area contributed by atoms with Gasteiger partial charge in [-0.05, 0) is 37.1 Å². The molecule has 18 heavy (non-hydrogen) atoms. The second kappa shape index (κ2) is 5.48. The number of hydrogen-bond donors (Lipinski definition) is 2. The van der Waals surface area contributed by atoms with Gasteiger partial charge in [0.25, 0.3) is 0 Å². The molecular weight excluding hydrogens is 269 g/mol.